The second-order valence-electron chi connectivity index (χ2n) is 4.83. The minimum Gasteiger partial charge on any atom is -0.334 e. The molecule has 0 aliphatic rings. The number of carbonyl (C=O) groups excluding carboxylic acids is 1. The summed E-state index contributed by atoms with van der Waals surface area (Å²) in [5.74, 6) is 0. The van der Waals surface area contributed by atoms with E-state index in [2.05, 4.69) is 15.6 Å². The van der Waals surface area contributed by atoms with Crippen LogP contribution in [-0.4, -0.2) is 15.4 Å². The van der Waals surface area contributed by atoms with Crippen LogP contribution in [0.25, 0.3) is 5.65 Å². The maximum atomic E-state index is 12.0. The zero-order valence-corrected chi connectivity index (χ0v) is 11.7. The SMILES string of the molecule is Cc1cn2cccc(NC(=O)NCc3ccccc3)c2n1. The number of pyridine rings is 1. The van der Waals surface area contributed by atoms with E-state index in [1.807, 2.05) is 66.2 Å². The van der Waals surface area contributed by atoms with Gasteiger partial charge in [0.25, 0.3) is 0 Å². The lowest BCUT2D eigenvalue weighted by Gasteiger charge is -2.08. The second-order valence-corrected chi connectivity index (χ2v) is 4.83. The molecule has 106 valence electrons. The van der Waals surface area contributed by atoms with Gasteiger partial charge < -0.3 is 15.0 Å². The quantitative estimate of drug-likeness (QED) is 0.775. The topological polar surface area (TPSA) is 58.4 Å². The highest BCUT2D eigenvalue weighted by Crippen LogP contribution is 2.15. The van der Waals surface area contributed by atoms with Crippen LogP contribution < -0.4 is 10.6 Å². The van der Waals surface area contributed by atoms with E-state index in [0.29, 0.717) is 12.2 Å². The summed E-state index contributed by atoms with van der Waals surface area (Å²) in [6.45, 7) is 2.41. The predicted octanol–water partition coefficient (Wildman–Crippen LogP) is 2.96. The molecule has 0 fully saturated rings. The van der Waals surface area contributed by atoms with Crippen molar-refractivity contribution in [3.63, 3.8) is 0 Å². The van der Waals surface area contributed by atoms with Crippen LogP contribution in [0.4, 0.5) is 10.5 Å². The van der Waals surface area contributed by atoms with Gasteiger partial charge in [0.05, 0.1) is 11.4 Å². The van der Waals surface area contributed by atoms with Crippen LogP contribution >= 0.6 is 0 Å². The molecule has 0 aliphatic heterocycles. The molecule has 5 heteroatoms. The largest absolute Gasteiger partial charge is 0.334 e. The summed E-state index contributed by atoms with van der Waals surface area (Å²) in [7, 11) is 0. The van der Waals surface area contributed by atoms with Gasteiger partial charge in [0.2, 0.25) is 0 Å². The van der Waals surface area contributed by atoms with E-state index < -0.39 is 0 Å². The molecule has 0 saturated carbocycles. The van der Waals surface area contributed by atoms with Crippen molar-refractivity contribution < 1.29 is 4.79 Å². The Kier molecular flexibility index (Phi) is 3.55. The minimum atomic E-state index is -0.243. The number of aromatic nitrogens is 2. The first kappa shape index (κ1) is 13.2. The molecule has 0 aliphatic carbocycles. The fourth-order valence-electron chi connectivity index (χ4n) is 2.18. The number of nitrogens with zero attached hydrogens (tertiary/aromatic N) is 2. The van der Waals surface area contributed by atoms with Gasteiger partial charge in [0, 0.05) is 18.9 Å². The number of imidazole rings is 1. The summed E-state index contributed by atoms with van der Waals surface area (Å²) in [6.07, 6.45) is 3.82. The first-order valence-electron chi connectivity index (χ1n) is 6.75. The standard InChI is InChI=1S/C16H16N4O/c1-12-11-20-9-5-8-14(15(20)18-12)19-16(21)17-10-13-6-3-2-4-7-13/h2-9,11H,10H2,1H3,(H2,17,19,21). The number of aryl methyl sites for hydroxylation is 1. The molecule has 21 heavy (non-hydrogen) atoms. The van der Waals surface area contributed by atoms with E-state index in [-0.39, 0.29) is 6.03 Å². The summed E-state index contributed by atoms with van der Waals surface area (Å²) in [4.78, 5) is 16.4. The van der Waals surface area contributed by atoms with Gasteiger partial charge in [0.1, 0.15) is 0 Å². The van der Waals surface area contributed by atoms with Crippen molar-refractivity contribution in [1.82, 2.24) is 14.7 Å². The Morgan fingerprint density at radius 2 is 2.00 bits per heavy atom. The number of anilines is 1. The lowest BCUT2D eigenvalue weighted by Crippen LogP contribution is -2.28. The number of urea groups is 1. The van der Waals surface area contributed by atoms with E-state index in [0.717, 1.165) is 16.9 Å². The minimum absolute atomic E-state index is 0.243. The number of amides is 2. The molecule has 0 unspecified atom stereocenters. The Labute approximate surface area is 122 Å². The molecule has 2 heterocycles. The van der Waals surface area contributed by atoms with Gasteiger partial charge in [-0.25, -0.2) is 9.78 Å². The van der Waals surface area contributed by atoms with Crippen molar-refractivity contribution >= 4 is 17.4 Å². The summed E-state index contributed by atoms with van der Waals surface area (Å²) in [5.41, 5.74) is 3.40. The normalized spacial score (nSPS) is 10.5. The maximum absolute atomic E-state index is 12.0. The van der Waals surface area contributed by atoms with E-state index in [4.69, 9.17) is 0 Å². The van der Waals surface area contributed by atoms with Gasteiger partial charge in [-0.2, -0.15) is 0 Å². The first-order chi connectivity index (χ1) is 10.2. The van der Waals surface area contributed by atoms with Crippen molar-refractivity contribution in [2.24, 2.45) is 0 Å². The van der Waals surface area contributed by atoms with Crippen LogP contribution in [0.15, 0.2) is 54.9 Å². The van der Waals surface area contributed by atoms with E-state index in [1.165, 1.54) is 0 Å². The third kappa shape index (κ3) is 3.02. The summed E-state index contributed by atoms with van der Waals surface area (Å²) >= 11 is 0. The smallest absolute Gasteiger partial charge is 0.319 e. The third-order valence-corrected chi connectivity index (χ3v) is 3.15. The fourth-order valence-corrected chi connectivity index (χ4v) is 2.18. The molecule has 0 saturated heterocycles. The molecular weight excluding hydrogens is 264 g/mol. The number of benzene rings is 1. The van der Waals surface area contributed by atoms with Gasteiger partial charge in [-0.1, -0.05) is 30.3 Å². The van der Waals surface area contributed by atoms with Crippen LogP contribution in [0.5, 0.6) is 0 Å². The van der Waals surface area contributed by atoms with Crippen molar-refractivity contribution in [3.05, 3.63) is 66.1 Å². The van der Waals surface area contributed by atoms with Crippen LogP contribution in [0.1, 0.15) is 11.3 Å². The number of carbonyl (C=O) groups is 1. The average molecular weight is 280 g/mol. The Morgan fingerprint density at radius 1 is 1.19 bits per heavy atom. The lowest BCUT2D eigenvalue weighted by atomic mass is 10.2. The number of nitrogens with one attached hydrogen (secondary N) is 2. The summed E-state index contributed by atoms with van der Waals surface area (Å²) in [6, 6.07) is 13.3. The monoisotopic (exact) mass is 280 g/mol. The highest BCUT2D eigenvalue weighted by molar-refractivity contribution is 5.93. The third-order valence-electron chi connectivity index (χ3n) is 3.15. The molecule has 1 aromatic carbocycles. The van der Waals surface area contributed by atoms with E-state index in [1.54, 1.807) is 0 Å². The fraction of sp³-hybridized carbons (Fsp3) is 0.125. The van der Waals surface area contributed by atoms with Crippen molar-refractivity contribution in [3.8, 4) is 0 Å². The van der Waals surface area contributed by atoms with Crippen LogP contribution in [-0.2, 0) is 6.54 Å². The number of hydrogen-bond acceptors (Lipinski definition) is 2. The molecule has 3 rings (SSSR count). The lowest BCUT2D eigenvalue weighted by molar-refractivity contribution is 0.252. The maximum Gasteiger partial charge on any atom is 0.319 e. The van der Waals surface area contributed by atoms with E-state index in [9.17, 15) is 4.79 Å². The van der Waals surface area contributed by atoms with Crippen LogP contribution in [0.3, 0.4) is 0 Å². The van der Waals surface area contributed by atoms with Crippen LogP contribution in [0.2, 0.25) is 0 Å². The van der Waals surface area contributed by atoms with E-state index >= 15 is 0 Å². The zero-order valence-electron chi connectivity index (χ0n) is 11.7. The van der Waals surface area contributed by atoms with Gasteiger partial charge >= 0.3 is 6.03 Å². The molecule has 2 aromatic heterocycles. The number of hydrogen-bond donors (Lipinski definition) is 2. The Hall–Kier alpha value is -2.82. The van der Waals surface area contributed by atoms with Crippen molar-refractivity contribution in [1.29, 1.82) is 0 Å². The van der Waals surface area contributed by atoms with Crippen molar-refractivity contribution in [2.75, 3.05) is 5.32 Å². The zero-order chi connectivity index (χ0) is 14.7. The molecule has 0 radical (unpaired) electrons. The average Bonchev–Trinajstić information content (AvgIpc) is 2.88. The molecule has 2 N–H and O–H groups in total. The highest BCUT2D eigenvalue weighted by Gasteiger charge is 2.07. The molecule has 0 spiro atoms. The first-order valence-corrected chi connectivity index (χ1v) is 6.75. The summed E-state index contributed by atoms with van der Waals surface area (Å²) in [5, 5.41) is 5.67. The molecule has 0 bridgehead atoms. The second kappa shape index (κ2) is 5.66. The molecule has 3 aromatic rings. The highest BCUT2D eigenvalue weighted by atomic mass is 16.2. The Balaban J connectivity index is 1.69. The predicted molar refractivity (Wildman–Crippen MR) is 82.2 cm³/mol. The summed E-state index contributed by atoms with van der Waals surface area (Å²) < 4.78 is 1.89. The van der Waals surface area contributed by atoms with Crippen molar-refractivity contribution in [2.45, 2.75) is 13.5 Å². The number of rotatable bonds is 3. The Morgan fingerprint density at radius 3 is 2.81 bits per heavy atom. The van der Waals surface area contributed by atoms with Gasteiger partial charge in [-0.05, 0) is 24.6 Å². The number of fused-ring (bicyclic) bond motifs is 1. The van der Waals surface area contributed by atoms with Gasteiger partial charge in [-0.3, -0.25) is 0 Å². The molecular formula is C16H16N4O. The van der Waals surface area contributed by atoms with Gasteiger partial charge in [-0.15, -0.1) is 0 Å². The molecule has 2 amide bonds. The molecule has 5 nitrogen and oxygen atoms in total. The van der Waals surface area contributed by atoms with Crippen LogP contribution in [0, 0.1) is 6.92 Å². The molecule has 0 atom stereocenters. The van der Waals surface area contributed by atoms with Gasteiger partial charge in [0.15, 0.2) is 5.65 Å². The Bertz CT molecular complexity index is 764.